The van der Waals surface area contributed by atoms with E-state index in [9.17, 15) is 4.79 Å². The second kappa shape index (κ2) is 5.51. The maximum Gasteiger partial charge on any atom is 0.230 e. The van der Waals surface area contributed by atoms with E-state index in [-0.39, 0.29) is 5.41 Å². The van der Waals surface area contributed by atoms with Crippen LogP contribution in [0.15, 0.2) is 24.9 Å². The van der Waals surface area contributed by atoms with Crippen LogP contribution in [0.25, 0.3) is 0 Å². The summed E-state index contributed by atoms with van der Waals surface area (Å²) in [5, 5.41) is 7.26. The molecule has 0 aromatic carbocycles. The van der Waals surface area contributed by atoms with Crippen LogP contribution in [0.1, 0.15) is 42.9 Å². The molecule has 2 aromatic rings. The summed E-state index contributed by atoms with van der Waals surface area (Å²) in [7, 11) is 0. The smallest absolute Gasteiger partial charge is 0.230 e. The molecule has 2 fully saturated rings. The minimum atomic E-state index is -0.169. The first-order valence-electron chi connectivity index (χ1n) is 8.43. The highest BCUT2D eigenvalue weighted by atomic mass is 16.2. The Morgan fingerprint density at radius 2 is 2.17 bits per heavy atom. The molecular weight excluding hydrogens is 290 g/mol. The minimum absolute atomic E-state index is 0.169. The molecule has 0 radical (unpaired) electrons. The largest absolute Gasteiger partial charge is 0.342 e. The SMILES string of the molecule is Cc1cn[nH]c1C1CCN(C(=O)C2(Cn3ccnc3)CC2)CC1. The summed E-state index contributed by atoms with van der Waals surface area (Å²) in [5.74, 6) is 0.844. The first-order valence-corrected chi connectivity index (χ1v) is 8.43. The van der Waals surface area contributed by atoms with Gasteiger partial charge in [-0.2, -0.15) is 5.10 Å². The Morgan fingerprint density at radius 1 is 1.39 bits per heavy atom. The lowest BCUT2D eigenvalue weighted by molar-refractivity contribution is -0.138. The number of rotatable bonds is 4. The second-order valence-electron chi connectivity index (χ2n) is 7.05. The standard InChI is InChI=1S/C17H23N5O/c1-13-10-19-20-15(13)14-2-7-22(8-3-14)16(23)17(4-5-17)11-21-9-6-18-12-21/h6,9-10,12,14H,2-5,7-8,11H2,1H3,(H,19,20). The van der Waals surface area contributed by atoms with Gasteiger partial charge in [0.1, 0.15) is 0 Å². The fourth-order valence-corrected chi connectivity index (χ4v) is 3.80. The summed E-state index contributed by atoms with van der Waals surface area (Å²) in [6.07, 6.45) is 11.5. The Hall–Kier alpha value is -2.11. The zero-order valence-electron chi connectivity index (χ0n) is 13.5. The fourth-order valence-electron chi connectivity index (χ4n) is 3.80. The van der Waals surface area contributed by atoms with Crippen LogP contribution >= 0.6 is 0 Å². The number of aromatic amines is 1. The number of likely N-dealkylation sites (tertiary alicyclic amines) is 1. The molecule has 0 unspecified atom stereocenters. The summed E-state index contributed by atoms with van der Waals surface area (Å²) >= 11 is 0. The van der Waals surface area contributed by atoms with Gasteiger partial charge in [-0.1, -0.05) is 0 Å². The van der Waals surface area contributed by atoms with Crippen LogP contribution in [0.2, 0.25) is 0 Å². The highest BCUT2D eigenvalue weighted by molar-refractivity contribution is 5.85. The van der Waals surface area contributed by atoms with Crippen LogP contribution in [0, 0.1) is 12.3 Å². The van der Waals surface area contributed by atoms with Gasteiger partial charge in [-0.25, -0.2) is 4.98 Å². The maximum absolute atomic E-state index is 12.9. The Balaban J connectivity index is 1.38. The molecule has 1 amide bonds. The van der Waals surface area contributed by atoms with E-state index in [1.807, 2.05) is 17.0 Å². The van der Waals surface area contributed by atoms with Gasteiger partial charge < -0.3 is 9.47 Å². The zero-order valence-corrected chi connectivity index (χ0v) is 13.5. The number of imidazole rings is 1. The molecule has 1 saturated carbocycles. The predicted molar refractivity (Wildman–Crippen MR) is 85.8 cm³/mol. The van der Waals surface area contributed by atoms with Crippen molar-refractivity contribution >= 4 is 5.91 Å². The molecule has 1 aliphatic carbocycles. The lowest BCUT2D eigenvalue weighted by Crippen LogP contribution is -2.43. The number of nitrogens with one attached hydrogen (secondary N) is 1. The maximum atomic E-state index is 12.9. The normalized spacial score (nSPS) is 20.7. The Labute approximate surface area is 135 Å². The summed E-state index contributed by atoms with van der Waals surface area (Å²) in [6, 6.07) is 0. The summed E-state index contributed by atoms with van der Waals surface area (Å²) < 4.78 is 2.03. The van der Waals surface area contributed by atoms with Gasteiger partial charge in [0.2, 0.25) is 5.91 Å². The minimum Gasteiger partial charge on any atom is -0.342 e. The lowest BCUT2D eigenvalue weighted by atomic mass is 9.90. The third-order valence-corrected chi connectivity index (χ3v) is 5.41. The van der Waals surface area contributed by atoms with Crippen molar-refractivity contribution in [1.82, 2.24) is 24.6 Å². The van der Waals surface area contributed by atoms with Gasteiger partial charge in [0.25, 0.3) is 0 Å². The number of carbonyl (C=O) groups excluding carboxylic acids is 1. The Kier molecular flexibility index (Phi) is 3.47. The molecule has 1 N–H and O–H groups in total. The Morgan fingerprint density at radius 3 is 2.74 bits per heavy atom. The van der Waals surface area contributed by atoms with Crippen LogP contribution in [-0.2, 0) is 11.3 Å². The van der Waals surface area contributed by atoms with E-state index in [2.05, 4.69) is 27.0 Å². The zero-order chi connectivity index (χ0) is 15.9. The third-order valence-electron chi connectivity index (χ3n) is 5.41. The number of carbonyl (C=O) groups is 1. The number of aromatic nitrogens is 4. The number of piperidine rings is 1. The molecule has 0 atom stereocenters. The molecule has 0 spiro atoms. The van der Waals surface area contributed by atoms with Crippen LogP contribution in [0.4, 0.5) is 0 Å². The average Bonchev–Trinajstić information content (AvgIpc) is 2.95. The second-order valence-corrected chi connectivity index (χ2v) is 7.05. The topological polar surface area (TPSA) is 66.8 Å². The van der Waals surface area contributed by atoms with Gasteiger partial charge in [-0.05, 0) is 38.2 Å². The van der Waals surface area contributed by atoms with Gasteiger partial charge in [0.15, 0.2) is 0 Å². The first-order chi connectivity index (χ1) is 11.2. The van der Waals surface area contributed by atoms with Gasteiger partial charge in [0, 0.05) is 43.6 Å². The summed E-state index contributed by atoms with van der Waals surface area (Å²) in [6.45, 7) is 4.58. The number of hydrogen-bond acceptors (Lipinski definition) is 3. The van der Waals surface area contributed by atoms with Crippen LogP contribution in [0.3, 0.4) is 0 Å². The molecular formula is C17H23N5O. The molecule has 6 heteroatoms. The molecule has 2 aliphatic rings. The quantitative estimate of drug-likeness (QED) is 0.940. The summed E-state index contributed by atoms with van der Waals surface area (Å²) in [5.41, 5.74) is 2.31. The van der Waals surface area contributed by atoms with Crippen molar-refractivity contribution in [2.75, 3.05) is 13.1 Å². The molecule has 0 bridgehead atoms. The molecule has 6 nitrogen and oxygen atoms in total. The summed E-state index contributed by atoms with van der Waals surface area (Å²) in [4.78, 5) is 19.1. The number of amides is 1. The van der Waals surface area contributed by atoms with Crippen LogP contribution in [-0.4, -0.2) is 43.6 Å². The van der Waals surface area contributed by atoms with Crippen LogP contribution in [0.5, 0.6) is 0 Å². The van der Waals surface area contributed by atoms with Crippen molar-refractivity contribution < 1.29 is 4.79 Å². The fraction of sp³-hybridized carbons (Fsp3) is 0.588. The third kappa shape index (κ3) is 2.66. The predicted octanol–water partition coefficient (Wildman–Crippen LogP) is 2.10. The van der Waals surface area contributed by atoms with Crippen LogP contribution < -0.4 is 0 Å². The van der Waals surface area contributed by atoms with Crippen molar-refractivity contribution in [3.63, 3.8) is 0 Å². The average molecular weight is 313 g/mol. The van der Waals surface area contributed by atoms with Gasteiger partial charge >= 0.3 is 0 Å². The number of hydrogen-bond donors (Lipinski definition) is 1. The number of H-pyrrole nitrogens is 1. The number of aryl methyl sites for hydroxylation is 1. The molecule has 3 heterocycles. The van der Waals surface area contributed by atoms with Crippen molar-refractivity contribution in [2.24, 2.45) is 5.41 Å². The van der Waals surface area contributed by atoms with E-state index in [0.717, 1.165) is 45.3 Å². The highest BCUT2D eigenvalue weighted by Gasteiger charge is 2.52. The number of nitrogens with zero attached hydrogens (tertiary/aromatic N) is 4. The van der Waals surface area contributed by atoms with Crippen molar-refractivity contribution in [2.45, 2.75) is 45.1 Å². The van der Waals surface area contributed by atoms with Gasteiger partial charge in [-0.15, -0.1) is 0 Å². The van der Waals surface area contributed by atoms with E-state index in [0.29, 0.717) is 11.8 Å². The lowest BCUT2D eigenvalue weighted by Gasteiger charge is -2.34. The highest BCUT2D eigenvalue weighted by Crippen LogP contribution is 2.49. The van der Waals surface area contributed by atoms with Gasteiger partial charge in [0.05, 0.1) is 17.9 Å². The van der Waals surface area contributed by atoms with E-state index >= 15 is 0 Å². The van der Waals surface area contributed by atoms with E-state index < -0.39 is 0 Å². The molecule has 122 valence electrons. The molecule has 2 aromatic heterocycles. The van der Waals surface area contributed by atoms with Crippen molar-refractivity contribution in [3.05, 3.63) is 36.2 Å². The molecule has 1 aliphatic heterocycles. The molecule has 23 heavy (non-hydrogen) atoms. The van der Waals surface area contributed by atoms with Gasteiger partial charge in [-0.3, -0.25) is 9.89 Å². The Bertz CT molecular complexity index is 678. The van der Waals surface area contributed by atoms with E-state index in [4.69, 9.17) is 0 Å². The molecule has 1 saturated heterocycles. The molecule has 4 rings (SSSR count). The van der Waals surface area contributed by atoms with E-state index in [1.54, 1.807) is 12.5 Å². The van der Waals surface area contributed by atoms with E-state index in [1.165, 1.54) is 11.3 Å². The van der Waals surface area contributed by atoms with Crippen molar-refractivity contribution in [3.8, 4) is 0 Å². The monoisotopic (exact) mass is 313 g/mol. The van der Waals surface area contributed by atoms with Crippen molar-refractivity contribution in [1.29, 1.82) is 0 Å². The first kappa shape index (κ1) is 14.5.